The second-order valence-corrected chi connectivity index (χ2v) is 7.51. The lowest BCUT2D eigenvalue weighted by Gasteiger charge is -2.33. The summed E-state index contributed by atoms with van der Waals surface area (Å²) >= 11 is 0. The van der Waals surface area contributed by atoms with Crippen molar-refractivity contribution in [2.24, 2.45) is 0 Å². The highest BCUT2D eigenvalue weighted by molar-refractivity contribution is 6.05. The topological polar surface area (TPSA) is 80.0 Å². The van der Waals surface area contributed by atoms with Gasteiger partial charge in [0.1, 0.15) is 17.4 Å². The average molecular weight is 385 g/mol. The lowest BCUT2D eigenvalue weighted by molar-refractivity contribution is 0.395. The number of aromatic amines is 1. The molecule has 0 spiro atoms. The Bertz CT molecular complexity index is 1410. The minimum Gasteiger partial charge on any atom is -0.450 e. The number of furan rings is 1. The Labute approximate surface area is 165 Å². The van der Waals surface area contributed by atoms with Gasteiger partial charge in [-0.05, 0) is 37.1 Å². The third-order valence-corrected chi connectivity index (χ3v) is 5.89. The van der Waals surface area contributed by atoms with Crippen LogP contribution in [0.5, 0.6) is 0 Å². The van der Waals surface area contributed by atoms with Crippen molar-refractivity contribution in [3.05, 3.63) is 65.3 Å². The molecule has 0 atom stereocenters. The molecule has 2 aromatic carbocycles. The molecule has 1 saturated heterocycles. The van der Waals surface area contributed by atoms with Crippen LogP contribution in [0.2, 0.25) is 0 Å². The Morgan fingerprint density at radius 2 is 1.79 bits per heavy atom. The van der Waals surface area contributed by atoms with Crippen molar-refractivity contribution >= 4 is 38.9 Å². The molecule has 0 aliphatic carbocycles. The molecule has 0 unspecified atom stereocenters. The van der Waals surface area contributed by atoms with Gasteiger partial charge >= 0.3 is 5.69 Å². The van der Waals surface area contributed by atoms with E-state index in [2.05, 4.69) is 19.9 Å². The van der Waals surface area contributed by atoms with Crippen molar-refractivity contribution in [2.75, 3.05) is 18.0 Å². The predicted octanol–water partition coefficient (Wildman–Crippen LogP) is 3.86. The van der Waals surface area contributed by atoms with E-state index < -0.39 is 0 Å². The SMILES string of the molecule is O=c1[nH]c2ccccc2n1C1CCN(c2ncnc3c2oc2ccccc23)CC1. The van der Waals surface area contributed by atoms with Crippen LogP contribution < -0.4 is 10.6 Å². The summed E-state index contributed by atoms with van der Waals surface area (Å²) in [5.41, 5.74) is 4.23. The van der Waals surface area contributed by atoms with Crippen molar-refractivity contribution in [3.63, 3.8) is 0 Å². The molecule has 1 fully saturated rings. The molecule has 0 amide bonds. The van der Waals surface area contributed by atoms with Crippen LogP contribution in [0, 0.1) is 0 Å². The Morgan fingerprint density at radius 1 is 1.00 bits per heavy atom. The molecule has 1 N–H and O–H groups in total. The molecular formula is C22H19N5O2. The standard InChI is InChI=1S/C22H19N5O2/c28-22-25-16-6-2-3-7-17(16)27(22)14-9-11-26(12-10-14)21-20-19(23-13-24-21)15-5-1-4-8-18(15)29-20/h1-8,13-14H,9-12H2,(H,25,28). The zero-order valence-electron chi connectivity index (χ0n) is 15.7. The second-order valence-electron chi connectivity index (χ2n) is 7.51. The van der Waals surface area contributed by atoms with Gasteiger partial charge in [0.15, 0.2) is 11.4 Å². The third-order valence-electron chi connectivity index (χ3n) is 5.89. The van der Waals surface area contributed by atoms with Gasteiger partial charge in [-0.3, -0.25) is 4.57 Å². The van der Waals surface area contributed by atoms with Crippen molar-refractivity contribution in [3.8, 4) is 0 Å². The number of hydrogen-bond acceptors (Lipinski definition) is 5. The van der Waals surface area contributed by atoms with E-state index in [1.165, 1.54) is 0 Å². The first kappa shape index (κ1) is 16.4. The van der Waals surface area contributed by atoms with Crippen molar-refractivity contribution in [1.82, 2.24) is 19.5 Å². The fourth-order valence-electron chi connectivity index (χ4n) is 4.51. The maximum Gasteiger partial charge on any atom is 0.326 e. The van der Waals surface area contributed by atoms with Crippen LogP contribution in [-0.4, -0.2) is 32.6 Å². The van der Waals surface area contributed by atoms with Gasteiger partial charge in [-0.15, -0.1) is 0 Å². The first-order chi connectivity index (χ1) is 14.3. The summed E-state index contributed by atoms with van der Waals surface area (Å²) in [6, 6.07) is 16.0. The number of hydrogen-bond donors (Lipinski definition) is 1. The third kappa shape index (κ3) is 2.47. The number of benzene rings is 2. The summed E-state index contributed by atoms with van der Waals surface area (Å²) in [7, 11) is 0. The van der Waals surface area contributed by atoms with Crippen molar-refractivity contribution in [1.29, 1.82) is 0 Å². The summed E-state index contributed by atoms with van der Waals surface area (Å²) in [6.07, 6.45) is 3.34. The average Bonchev–Trinajstić information content (AvgIpc) is 3.30. The van der Waals surface area contributed by atoms with E-state index in [1.807, 2.05) is 53.1 Å². The molecule has 144 valence electrons. The fourth-order valence-corrected chi connectivity index (χ4v) is 4.51. The molecule has 6 rings (SSSR count). The highest BCUT2D eigenvalue weighted by Crippen LogP contribution is 2.34. The number of piperidine rings is 1. The van der Waals surface area contributed by atoms with E-state index in [-0.39, 0.29) is 11.7 Å². The van der Waals surface area contributed by atoms with Gasteiger partial charge in [0, 0.05) is 24.5 Å². The fraction of sp³-hybridized carbons (Fsp3) is 0.227. The number of nitrogens with one attached hydrogen (secondary N) is 1. The number of fused-ring (bicyclic) bond motifs is 4. The van der Waals surface area contributed by atoms with Gasteiger partial charge in [-0.2, -0.15) is 0 Å². The van der Waals surface area contributed by atoms with Gasteiger partial charge in [-0.25, -0.2) is 14.8 Å². The minimum atomic E-state index is -0.0358. The highest BCUT2D eigenvalue weighted by Gasteiger charge is 2.26. The number of rotatable bonds is 2. The van der Waals surface area contributed by atoms with E-state index in [9.17, 15) is 4.79 Å². The minimum absolute atomic E-state index is 0.0358. The monoisotopic (exact) mass is 385 g/mol. The molecule has 7 nitrogen and oxygen atoms in total. The van der Waals surface area contributed by atoms with Crippen LogP contribution in [0.3, 0.4) is 0 Å². The van der Waals surface area contributed by atoms with E-state index in [0.29, 0.717) is 0 Å². The molecule has 3 aromatic heterocycles. The Hall–Kier alpha value is -3.61. The largest absolute Gasteiger partial charge is 0.450 e. The molecule has 29 heavy (non-hydrogen) atoms. The number of aromatic nitrogens is 4. The number of imidazole rings is 1. The molecule has 0 radical (unpaired) electrons. The van der Waals surface area contributed by atoms with Gasteiger partial charge < -0.3 is 14.3 Å². The summed E-state index contributed by atoms with van der Waals surface area (Å²) in [5, 5.41) is 1.01. The zero-order chi connectivity index (χ0) is 19.4. The molecule has 7 heteroatoms. The van der Waals surface area contributed by atoms with Crippen LogP contribution in [-0.2, 0) is 0 Å². The van der Waals surface area contributed by atoms with Gasteiger partial charge in [0.05, 0.1) is 11.0 Å². The lowest BCUT2D eigenvalue weighted by Crippen LogP contribution is -2.37. The smallest absolute Gasteiger partial charge is 0.326 e. The lowest BCUT2D eigenvalue weighted by atomic mass is 10.0. The van der Waals surface area contributed by atoms with Gasteiger partial charge in [-0.1, -0.05) is 24.3 Å². The van der Waals surface area contributed by atoms with Crippen molar-refractivity contribution in [2.45, 2.75) is 18.9 Å². The van der Waals surface area contributed by atoms with Gasteiger partial charge in [0.2, 0.25) is 0 Å². The highest BCUT2D eigenvalue weighted by atomic mass is 16.3. The van der Waals surface area contributed by atoms with Crippen LogP contribution in [0.15, 0.2) is 64.1 Å². The first-order valence-corrected chi connectivity index (χ1v) is 9.86. The molecule has 4 heterocycles. The van der Waals surface area contributed by atoms with Crippen molar-refractivity contribution < 1.29 is 4.42 Å². The maximum absolute atomic E-state index is 12.5. The number of para-hydroxylation sites is 3. The van der Waals surface area contributed by atoms with E-state index in [0.717, 1.165) is 64.9 Å². The second kappa shape index (κ2) is 6.20. The number of H-pyrrole nitrogens is 1. The molecule has 5 aromatic rings. The van der Waals surface area contributed by atoms with E-state index >= 15 is 0 Å². The Balaban J connectivity index is 1.34. The van der Waals surface area contributed by atoms with Crippen LogP contribution in [0.25, 0.3) is 33.1 Å². The molecular weight excluding hydrogens is 366 g/mol. The van der Waals surface area contributed by atoms with Crippen LogP contribution >= 0.6 is 0 Å². The molecule has 0 bridgehead atoms. The Kier molecular flexibility index (Phi) is 3.50. The molecule has 1 aliphatic heterocycles. The molecule has 0 saturated carbocycles. The van der Waals surface area contributed by atoms with Gasteiger partial charge in [0.25, 0.3) is 0 Å². The van der Waals surface area contributed by atoms with E-state index in [1.54, 1.807) is 6.33 Å². The molecule has 1 aliphatic rings. The zero-order valence-corrected chi connectivity index (χ0v) is 15.7. The quantitative estimate of drug-likeness (QED) is 0.499. The number of nitrogens with zero attached hydrogens (tertiary/aromatic N) is 4. The summed E-state index contributed by atoms with van der Waals surface area (Å²) in [5.74, 6) is 0.830. The number of anilines is 1. The summed E-state index contributed by atoms with van der Waals surface area (Å²) < 4.78 is 7.99. The van der Waals surface area contributed by atoms with E-state index in [4.69, 9.17) is 4.42 Å². The first-order valence-electron chi connectivity index (χ1n) is 9.86. The normalized spacial score (nSPS) is 15.7. The maximum atomic E-state index is 12.5. The summed E-state index contributed by atoms with van der Waals surface area (Å²) in [4.78, 5) is 26.7. The van der Waals surface area contributed by atoms with Crippen LogP contribution in [0.4, 0.5) is 5.82 Å². The summed E-state index contributed by atoms with van der Waals surface area (Å²) in [6.45, 7) is 1.61. The van der Waals surface area contributed by atoms with Crippen LogP contribution in [0.1, 0.15) is 18.9 Å². The Morgan fingerprint density at radius 3 is 2.69 bits per heavy atom. The predicted molar refractivity (Wildman–Crippen MR) is 112 cm³/mol.